The van der Waals surface area contributed by atoms with Gasteiger partial charge in [-0.2, -0.15) is 18.5 Å². The summed E-state index contributed by atoms with van der Waals surface area (Å²) in [5.41, 5.74) is 1.72. The maximum atomic E-state index is 15.4. The molecule has 1 N–H and O–H groups in total. The second-order valence-corrected chi connectivity index (χ2v) is 13.9. The molecule has 2 amide bonds. The number of piperidine rings is 1. The molecule has 2 aromatic carbocycles. The Labute approximate surface area is 275 Å². The van der Waals surface area contributed by atoms with Crippen molar-refractivity contribution in [2.45, 2.75) is 55.8 Å². The van der Waals surface area contributed by atoms with E-state index in [1.807, 2.05) is 12.1 Å². The number of likely N-dealkylation sites (tertiary alicyclic amines) is 1. The highest BCUT2D eigenvalue weighted by Gasteiger charge is 2.68. The maximum Gasteiger partial charge on any atom is 0.540 e. The zero-order valence-corrected chi connectivity index (χ0v) is 27.3. The molecule has 13 heteroatoms. The van der Waals surface area contributed by atoms with Crippen LogP contribution in [-0.4, -0.2) is 90.5 Å². The molecule has 2 saturated heterocycles. The lowest BCUT2D eigenvalue weighted by atomic mass is 9.92. The van der Waals surface area contributed by atoms with E-state index in [1.54, 1.807) is 42.2 Å². The molecule has 246 valence electrons. The molecule has 6 rings (SSSR count). The number of aromatic nitrogens is 1. The second kappa shape index (κ2) is 13.4. The number of sulfonamides is 1. The minimum absolute atomic E-state index is 0.139. The van der Waals surface area contributed by atoms with Crippen LogP contribution in [0.2, 0.25) is 0 Å². The molecule has 4 atom stereocenters. The number of piperazine rings is 1. The third kappa shape index (κ3) is 5.65. The van der Waals surface area contributed by atoms with E-state index >= 15 is 4.79 Å². The minimum Gasteiger partial charge on any atom is -0.478 e. The van der Waals surface area contributed by atoms with E-state index in [0.29, 0.717) is 24.0 Å². The molecule has 0 saturated carbocycles. The topological polar surface area (TPSA) is 142 Å². The van der Waals surface area contributed by atoms with Crippen LogP contribution in [0.25, 0.3) is 0 Å². The van der Waals surface area contributed by atoms with E-state index in [9.17, 15) is 18.5 Å². The number of carbonyl (C=O) groups is 2. The number of benzene rings is 2. The predicted octanol–water partition coefficient (Wildman–Crippen LogP) is 4.25. The molecule has 0 radical (unpaired) electrons. The number of pyridine rings is 1. The van der Waals surface area contributed by atoms with Crippen LogP contribution < -0.4 is 10.1 Å². The number of nitrogens with zero attached hydrogens (tertiary/aromatic N) is 5. The first kappa shape index (κ1) is 32.6. The van der Waals surface area contributed by atoms with Crippen LogP contribution in [0.15, 0.2) is 77.8 Å². The van der Waals surface area contributed by atoms with Crippen molar-refractivity contribution in [3.8, 4) is 11.9 Å². The molecule has 0 bridgehead atoms. The van der Waals surface area contributed by atoms with Gasteiger partial charge in [-0.1, -0.05) is 43.3 Å². The Morgan fingerprint density at radius 1 is 1.04 bits per heavy atom. The van der Waals surface area contributed by atoms with Gasteiger partial charge in [-0.25, -0.2) is 9.78 Å². The lowest BCUT2D eigenvalue weighted by Gasteiger charge is -2.49. The monoisotopic (exact) mass is 659 g/mol. The zero-order valence-electron chi connectivity index (χ0n) is 26.5. The fraction of sp³-hybridized carbons (Fsp3) is 0.412. The Bertz CT molecular complexity index is 1770. The number of hydrogen-bond acceptors (Lipinski definition) is 11. The van der Waals surface area contributed by atoms with Crippen LogP contribution in [0.3, 0.4) is 0 Å². The summed E-state index contributed by atoms with van der Waals surface area (Å²) < 4.78 is 39.8. The number of nitriles is 1. The quantitative estimate of drug-likeness (QED) is 0.347. The molecular weight excluding hydrogens is 620 g/mol. The lowest BCUT2D eigenvalue weighted by molar-refractivity contribution is -0.666. The van der Waals surface area contributed by atoms with Gasteiger partial charge in [-0.15, -0.1) is 0 Å². The van der Waals surface area contributed by atoms with Crippen molar-refractivity contribution in [3.63, 3.8) is 0 Å². The first-order valence-corrected chi connectivity index (χ1v) is 17.4. The number of ether oxygens (including phenoxy) is 2. The molecule has 47 heavy (non-hydrogen) atoms. The standard InChI is InChI=1S/C34H39N6O6S/c1-3-38-19-16-24(17-20-38)39-25(21-35)23-40(47(43,44)26-11-6-5-7-12-26,33(41)31(39)28-14-10-18-36-32(28)45-4-2)34(42)46-30-22-37-29-15-9-8-13-27(29)30/h5-15,18,24-25,30-31,37H,3-4,16-17,19-20,22-23H2,1-2H3/q+1. The Hall–Kier alpha value is -4.35. The van der Waals surface area contributed by atoms with Crippen molar-refractivity contribution in [1.29, 1.82) is 5.26 Å². The van der Waals surface area contributed by atoms with E-state index < -0.39 is 50.6 Å². The second-order valence-electron chi connectivity index (χ2n) is 11.9. The molecule has 3 aliphatic rings. The highest BCUT2D eigenvalue weighted by Crippen LogP contribution is 2.45. The molecule has 4 unspecified atom stereocenters. The van der Waals surface area contributed by atoms with Gasteiger partial charge < -0.3 is 19.7 Å². The first-order valence-electron chi connectivity index (χ1n) is 16.0. The lowest BCUT2D eigenvalue weighted by Crippen LogP contribution is -2.73. The molecule has 12 nitrogen and oxygen atoms in total. The number of imide groups is 1. The summed E-state index contributed by atoms with van der Waals surface area (Å²) >= 11 is 0. The number of para-hydroxylation sites is 1. The van der Waals surface area contributed by atoms with Crippen molar-refractivity contribution < 1.29 is 31.4 Å². The fourth-order valence-electron chi connectivity index (χ4n) is 7.02. The van der Waals surface area contributed by atoms with Gasteiger partial charge in [0, 0.05) is 29.1 Å². The van der Waals surface area contributed by atoms with Crippen LogP contribution in [-0.2, 0) is 19.6 Å². The highest BCUT2D eigenvalue weighted by molar-refractivity contribution is 7.86. The molecule has 3 aromatic rings. The number of nitrogens with one attached hydrogen (secondary N) is 1. The van der Waals surface area contributed by atoms with Gasteiger partial charge in [0.1, 0.15) is 11.4 Å². The van der Waals surface area contributed by atoms with Gasteiger partial charge in [-0.3, -0.25) is 4.90 Å². The van der Waals surface area contributed by atoms with Crippen molar-refractivity contribution in [1.82, 2.24) is 14.8 Å². The van der Waals surface area contributed by atoms with Gasteiger partial charge >= 0.3 is 22.0 Å². The summed E-state index contributed by atoms with van der Waals surface area (Å²) in [6.45, 7) is 6.04. The maximum absolute atomic E-state index is 15.4. The van der Waals surface area contributed by atoms with Crippen LogP contribution in [0.1, 0.15) is 50.0 Å². The number of rotatable bonds is 8. The summed E-state index contributed by atoms with van der Waals surface area (Å²) in [5, 5.41) is 13.9. The summed E-state index contributed by atoms with van der Waals surface area (Å²) in [5.74, 6) is -0.795. The molecule has 0 aliphatic carbocycles. The molecule has 3 aliphatic heterocycles. The van der Waals surface area contributed by atoms with Crippen molar-refractivity contribution in [2.75, 3.05) is 44.6 Å². The molecule has 2 fully saturated rings. The molecule has 4 heterocycles. The number of fused-ring (bicyclic) bond motifs is 1. The number of carbonyl (C=O) groups excluding carboxylic acids is 2. The number of hydrogen-bond donors (Lipinski definition) is 1. The largest absolute Gasteiger partial charge is 0.540 e. The van der Waals surface area contributed by atoms with E-state index in [1.165, 1.54) is 30.5 Å². The summed E-state index contributed by atoms with van der Waals surface area (Å²) in [6.07, 6.45) is 0.728. The van der Waals surface area contributed by atoms with E-state index in [2.05, 4.69) is 28.2 Å². The zero-order chi connectivity index (χ0) is 33.2. The molecule has 1 aromatic heterocycles. The Balaban J connectivity index is 1.53. The summed E-state index contributed by atoms with van der Waals surface area (Å²) in [7, 11) is -4.82. The number of quaternary nitrogens is 1. The van der Waals surface area contributed by atoms with Gasteiger partial charge in [0.05, 0.1) is 19.2 Å². The predicted molar refractivity (Wildman–Crippen MR) is 172 cm³/mol. The van der Waals surface area contributed by atoms with Crippen LogP contribution in [0.4, 0.5) is 10.5 Å². The average molecular weight is 660 g/mol. The number of anilines is 1. The van der Waals surface area contributed by atoms with E-state index in [4.69, 9.17) is 9.47 Å². The van der Waals surface area contributed by atoms with Crippen molar-refractivity contribution in [3.05, 3.63) is 84.1 Å². The van der Waals surface area contributed by atoms with Crippen molar-refractivity contribution >= 4 is 27.7 Å². The SMILES string of the molecule is CCOc1ncccc1C1C(=O)[N+](C(=O)OC2CNc3ccccc32)(S(=O)(=O)c2ccccc2)CC(C#N)N1C1CCN(CC)CC1. The summed E-state index contributed by atoms with van der Waals surface area (Å²) in [6, 6.07) is 17.5. The fourth-order valence-corrected chi connectivity index (χ4v) is 8.79. The van der Waals surface area contributed by atoms with Crippen molar-refractivity contribution in [2.24, 2.45) is 0 Å². The molecular formula is C34H39N6O6S+. The average Bonchev–Trinajstić information content (AvgIpc) is 3.51. The van der Waals surface area contributed by atoms with E-state index in [0.717, 1.165) is 25.3 Å². The third-order valence-electron chi connectivity index (χ3n) is 9.40. The van der Waals surface area contributed by atoms with E-state index in [-0.39, 0.29) is 30.0 Å². The van der Waals surface area contributed by atoms with Gasteiger partial charge in [-0.05, 0) is 73.6 Å². The first-order chi connectivity index (χ1) is 22.8. The van der Waals surface area contributed by atoms with Crippen LogP contribution >= 0.6 is 0 Å². The Morgan fingerprint density at radius 3 is 2.45 bits per heavy atom. The van der Waals surface area contributed by atoms with Gasteiger partial charge in [0.25, 0.3) is 0 Å². The normalized spacial score (nSPS) is 25.4. The Kier molecular flexibility index (Phi) is 9.29. The van der Waals surface area contributed by atoms with Gasteiger partial charge in [0.2, 0.25) is 5.88 Å². The van der Waals surface area contributed by atoms with Crippen LogP contribution in [0, 0.1) is 11.3 Å². The summed E-state index contributed by atoms with van der Waals surface area (Å²) in [4.78, 5) is 38.3. The van der Waals surface area contributed by atoms with Gasteiger partial charge in [0.15, 0.2) is 18.2 Å². The van der Waals surface area contributed by atoms with Crippen LogP contribution in [0.5, 0.6) is 5.88 Å². The third-order valence-corrected chi connectivity index (χ3v) is 11.6. The highest BCUT2D eigenvalue weighted by atomic mass is 32.2. The smallest absolute Gasteiger partial charge is 0.478 e. The molecule has 0 spiro atoms. The Morgan fingerprint density at radius 2 is 1.74 bits per heavy atom. The minimum atomic E-state index is -4.82. The number of amides is 2.